The van der Waals surface area contributed by atoms with E-state index in [-0.39, 0.29) is 5.78 Å². The van der Waals surface area contributed by atoms with Crippen LogP contribution in [0.2, 0.25) is 0 Å². The lowest BCUT2D eigenvalue weighted by atomic mass is 9.84. The molecule has 2 aromatic carbocycles. The van der Waals surface area contributed by atoms with E-state index in [2.05, 4.69) is 4.98 Å². The van der Waals surface area contributed by atoms with Gasteiger partial charge in [0.2, 0.25) is 0 Å². The number of aromatic nitrogens is 1. The molecule has 0 unspecified atom stereocenters. The van der Waals surface area contributed by atoms with Crippen molar-refractivity contribution in [3.8, 4) is 16.9 Å². The molecular weight excluding hydrogens is 312 g/mol. The Hall–Kier alpha value is -2.88. The third kappa shape index (κ3) is 3.07. The Morgan fingerprint density at radius 2 is 1.72 bits per heavy atom. The molecule has 0 aliphatic carbocycles. The van der Waals surface area contributed by atoms with E-state index < -0.39 is 5.41 Å². The van der Waals surface area contributed by atoms with Gasteiger partial charge >= 0.3 is 0 Å². The maximum absolute atomic E-state index is 12.9. The molecule has 0 atom stereocenters. The van der Waals surface area contributed by atoms with Crippen LogP contribution in [0, 0.1) is 5.41 Å². The fraction of sp³-hybridized carbons (Fsp3) is 0.238. The Balaban J connectivity index is 2.33. The number of carbonyl (C=O) groups excluding carboxylic acids is 1. The van der Waals surface area contributed by atoms with E-state index in [1.54, 1.807) is 13.2 Å². The molecule has 0 spiro atoms. The predicted molar refractivity (Wildman–Crippen MR) is 102 cm³/mol. The van der Waals surface area contributed by atoms with Crippen molar-refractivity contribution in [2.75, 3.05) is 12.8 Å². The van der Waals surface area contributed by atoms with E-state index in [1.165, 1.54) is 0 Å². The molecule has 0 bridgehead atoms. The summed E-state index contributed by atoms with van der Waals surface area (Å²) in [6.07, 6.45) is 0. The normalized spacial score (nSPS) is 11.5. The molecule has 4 nitrogen and oxygen atoms in total. The van der Waals surface area contributed by atoms with Crippen LogP contribution in [0.25, 0.3) is 22.0 Å². The topological polar surface area (TPSA) is 65.2 Å². The van der Waals surface area contributed by atoms with Crippen LogP contribution >= 0.6 is 0 Å². The average Bonchev–Trinajstić information content (AvgIpc) is 2.59. The van der Waals surface area contributed by atoms with Gasteiger partial charge in [-0.1, -0.05) is 45.0 Å². The number of methoxy groups -OCH3 is 1. The van der Waals surface area contributed by atoms with Gasteiger partial charge in [-0.3, -0.25) is 4.79 Å². The number of para-hydroxylation sites is 1. The lowest BCUT2D eigenvalue weighted by Gasteiger charge is -2.19. The van der Waals surface area contributed by atoms with Crippen LogP contribution in [0.4, 0.5) is 5.82 Å². The number of pyridine rings is 1. The second kappa shape index (κ2) is 6.20. The smallest absolute Gasteiger partial charge is 0.170 e. The van der Waals surface area contributed by atoms with Crippen molar-refractivity contribution in [3.63, 3.8) is 0 Å². The summed E-state index contributed by atoms with van der Waals surface area (Å²) in [5.41, 5.74) is 8.54. The molecule has 0 amide bonds. The third-order valence-electron chi connectivity index (χ3n) is 4.20. The first-order valence-electron chi connectivity index (χ1n) is 8.20. The van der Waals surface area contributed by atoms with Gasteiger partial charge in [-0.2, -0.15) is 0 Å². The van der Waals surface area contributed by atoms with Gasteiger partial charge in [-0.25, -0.2) is 4.98 Å². The molecule has 0 aliphatic heterocycles. The van der Waals surface area contributed by atoms with Gasteiger partial charge in [0.25, 0.3) is 0 Å². The van der Waals surface area contributed by atoms with Gasteiger partial charge in [-0.15, -0.1) is 0 Å². The molecule has 1 aromatic heterocycles. The lowest BCUT2D eigenvalue weighted by Crippen LogP contribution is -2.20. The van der Waals surface area contributed by atoms with E-state index >= 15 is 0 Å². The summed E-state index contributed by atoms with van der Waals surface area (Å²) in [4.78, 5) is 17.3. The number of hydrogen-bond donors (Lipinski definition) is 1. The second-order valence-electron chi connectivity index (χ2n) is 7.07. The predicted octanol–water partition coefficient (Wildman–Crippen LogP) is 4.72. The van der Waals surface area contributed by atoms with E-state index in [0.29, 0.717) is 16.9 Å². The first-order chi connectivity index (χ1) is 11.8. The van der Waals surface area contributed by atoms with Crippen LogP contribution in [0.5, 0.6) is 5.75 Å². The Morgan fingerprint density at radius 1 is 1.00 bits per heavy atom. The fourth-order valence-corrected chi connectivity index (χ4v) is 2.92. The Kier molecular flexibility index (Phi) is 4.21. The second-order valence-corrected chi connectivity index (χ2v) is 7.07. The highest BCUT2D eigenvalue weighted by Gasteiger charge is 2.26. The van der Waals surface area contributed by atoms with E-state index in [4.69, 9.17) is 10.5 Å². The zero-order valence-corrected chi connectivity index (χ0v) is 15.0. The number of anilines is 1. The Bertz CT molecular complexity index is 956. The van der Waals surface area contributed by atoms with Crippen LogP contribution in [-0.4, -0.2) is 17.9 Å². The minimum atomic E-state index is -0.495. The molecule has 3 aromatic rings. The Morgan fingerprint density at radius 3 is 2.40 bits per heavy atom. The SMILES string of the molecule is COc1ccccc1-c1ccc(C(=O)C(C)(C)C)c2nc(N)ccc12. The molecule has 25 heavy (non-hydrogen) atoms. The summed E-state index contributed by atoms with van der Waals surface area (Å²) in [6, 6.07) is 15.3. The minimum absolute atomic E-state index is 0.0437. The number of Topliss-reactive ketones (excluding diaryl/α,β-unsaturated/α-hetero) is 1. The van der Waals surface area contributed by atoms with Crippen LogP contribution in [0.15, 0.2) is 48.5 Å². The summed E-state index contributed by atoms with van der Waals surface area (Å²) in [5.74, 6) is 1.21. The van der Waals surface area contributed by atoms with Crippen LogP contribution in [-0.2, 0) is 0 Å². The average molecular weight is 334 g/mol. The molecule has 0 fully saturated rings. The summed E-state index contributed by atoms with van der Waals surface area (Å²) < 4.78 is 5.49. The first-order valence-corrected chi connectivity index (χ1v) is 8.20. The molecular formula is C21H22N2O2. The molecule has 0 saturated carbocycles. The fourth-order valence-electron chi connectivity index (χ4n) is 2.92. The maximum atomic E-state index is 12.9. The van der Waals surface area contributed by atoms with E-state index in [1.807, 2.05) is 63.2 Å². The number of carbonyl (C=O) groups is 1. The Labute approximate surface area is 147 Å². The molecule has 128 valence electrons. The summed E-state index contributed by atoms with van der Waals surface area (Å²) >= 11 is 0. The zero-order valence-electron chi connectivity index (χ0n) is 15.0. The van der Waals surface area contributed by atoms with Crippen molar-refractivity contribution in [2.45, 2.75) is 20.8 Å². The highest BCUT2D eigenvalue weighted by Crippen LogP contribution is 2.37. The highest BCUT2D eigenvalue weighted by molar-refractivity contribution is 6.12. The highest BCUT2D eigenvalue weighted by atomic mass is 16.5. The molecule has 0 aliphatic rings. The van der Waals surface area contributed by atoms with Crippen molar-refractivity contribution in [3.05, 3.63) is 54.1 Å². The van der Waals surface area contributed by atoms with Gasteiger partial charge in [0.15, 0.2) is 5.78 Å². The molecule has 3 rings (SSSR count). The number of ketones is 1. The first kappa shape index (κ1) is 17.0. The summed E-state index contributed by atoms with van der Waals surface area (Å²) in [6.45, 7) is 5.71. The number of nitrogen functional groups attached to an aromatic ring is 1. The van der Waals surface area contributed by atoms with Crippen molar-refractivity contribution in [1.29, 1.82) is 0 Å². The monoisotopic (exact) mass is 334 g/mol. The summed E-state index contributed by atoms with van der Waals surface area (Å²) in [5, 5.41) is 0.883. The standard InChI is InChI=1S/C21H22N2O2/c1-21(2,3)20(24)16-10-9-13(14-7-5-6-8-17(14)25-4)15-11-12-18(22)23-19(15)16/h5-12H,1-4H3,(H2,22,23). The molecule has 0 saturated heterocycles. The van der Waals surface area contributed by atoms with Gasteiger partial charge in [0.05, 0.1) is 12.6 Å². The quantitative estimate of drug-likeness (QED) is 0.704. The number of benzene rings is 2. The van der Waals surface area contributed by atoms with E-state index in [0.717, 1.165) is 22.3 Å². The van der Waals surface area contributed by atoms with E-state index in [9.17, 15) is 4.79 Å². The minimum Gasteiger partial charge on any atom is -0.496 e. The van der Waals surface area contributed by atoms with Crippen LogP contribution in [0.3, 0.4) is 0 Å². The van der Waals surface area contributed by atoms with Crippen molar-refractivity contribution >= 4 is 22.5 Å². The summed E-state index contributed by atoms with van der Waals surface area (Å²) in [7, 11) is 1.65. The van der Waals surface area contributed by atoms with Crippen molar-refractivity contribution in [2.24, 2.45) is 5.41 Å². The molecule has 1 heterocycles. The van der Waals surface area contributed by atoms with Crippen LogP contribution in [0.1, 0.15) is 31.1 Å². The number of nitrogens with two attached hydrogens (primary N) is 1. The number of rotatable bonds is 3. The van der Waals surface area contributed by atoms with Gasteiger partial charge < -0.3 is 10.5 Å². The molecule has 4 heteroatoms. The number of ether oxygens (including phenoxy) is 1. The number of nitrogens with zero attached hydrogens (tertiary/aromatic N) is 1. The lowest BCUT2D eigenvalue weighted by molar-refractivity contribution is 0.0860. The molecule has 0 radical (unpaired) electrons. The third-order valence-corrected chi connectivity index (χ3v) is 4.20. The molecule has 2 N–H and O–H groups in total. The van der Waals surface area contributed by atoms with Gasteiger partial charge in [-0.05, 0) is 29.8 Å². The zero-order chi connectivity index (χ0) is 18.2. The number of hydrogen-bond acceptors (Lipinski definition) is 4. The maximum Gasteiger partial charge on any atom is 0.170 e. The van der Waals surface area contributed by atoms with Crippen molar-refractivity contribution < 1.29 is 9.53 Å². The number of fused-ring (bicyclic) bond motifs is 1. The largest absolute Gasteiger partial charge is 0.496 e. The van der Waals surface area contributed by atoms with Gasteiger partial charge in [0, 0.05) is 21.9 Å². The van der Waals surface area contributed by atoms with Gasteiger partial charge in [0.1, 0.15) is 11.6 Å². The van der Waals surface area contributed by atoms with Crippen molar-refractivity contribution in [1.82, 2.24) is 4.98 Å². The van der Waals surface area contributed by atoms with Crippen LogP contribution < -0.4 is 10.5 Å².